The van der Waals surface area contributed by atoms with Crippen molar-refractivity contribution in [1.82, 2.24) is 5.32 Å². The topological polar surface area (TPSA) is 38.3 Å². The minimum atomic E-state index is -2.95. The normalized spacial score (nSPS) is 12.4. The first kappa shape index (κ1) is 13.6. The Morgan fingerprint density at radius 1 is 1.43 bits per heavy atom. The summed E-state index contributed by atoms with van der Waals surface area (Å²) in [6.07, 6.45) is -0.835. The van der Waals surface area contributed by atoms with Crippen molar-refractivity contribution in [3.8, 4) is 0 Å². The first-order valence-corrected chi connectivity index (χ1v) is 5.19. The number of nitrogens with one attached hydrogen (secondary N) is 1. The van der Waals surface area contributed by atoms with Crippen LogP contribution in [0.5, 0.6) is 0 Å². The van der Waals surface area contributed by atoms with Crippen LogP contribution in [0.1, 0.15) is 20.8 Å². The molecule has 14 heavy (non-hydrogen) atoms. The van der Waals surface area contributed by atoms with Crippen molar-refractivity contribution >= 4 is 22.0 Å². The summed E-state index contributed by atoms with van der Waals surface area (Å²) in [6.45, 7) is 4.26. The van der Waals surface area contributed by atoms with Gasteiger partial charge in [0.1, 0.15) is 5.60 Å². The molecule has 0 saturated heterocycles. The summed E-state index contributed by atoms with van der Waals surface area (Å²) >= 11 is 2.64. The van der Waals surface area contributed by atoms with Crippen LogP contribution in [-0.2, 0) is 4.74 Å². The number of halogens is 3. The average Bonchev–Trinajstić information content (AvgIpc) is 1.98. The maximum Gasteiger partial charge on any atom is 0.407 e. The Hall–Kier alpha value is -0.390. The summed E-state index contributed by atoms with van der Waals surface area (Å²) in [5, 5.41) is 1.50. The fraction of sp³-hybridized carbons (Fsp3) is 0.875. The number of carbonyl (C=O) groups is 1. The predicted octanol–water partition coefficient (Wildman–Crippen LogP) is 2.54. The zero-order chi connectivity index (χ0) is 11.4. The molecule has 0 aromatic carbocycles. The average molecular weight is 274 g/mol. The SMILES string of the molecule is CC(C)(C)OC(=O)NCC(F)(F)CBr. The number of rotatable bonds is 3. The first-order valence-electron chi connectivity index (χ1n) is 4.07. The van der Waals surface area contributed by atoms with E-state index in [0.29, 0.717) is 0 Å². The number of amides is 1. The van der Waals surface area contributed by atoms with E-state index in [0.717, 1.165) is 0 Å². The molecule has 0 aromatic heterocycles. The molecule has 0 heterocycles. The Morgan fingerprint density at radius 3 is 2.29 bits per heavy atom. The predicted molar refractivity (Wildman–Crippen MR) is 53.0 cm³/mol. The third-order valence-corrected chi connectivity index (χ3v) is 1.91. The van der Waals surface area contributed by atoms with Crippen LogP contribution in [0.2, 0.25) is 0 Å². The van der Waals surface area contributed by atoms with Gasteiger partial charge in [-0.1, -0.05) is 15.9 Å². The number of alkyl halides is 3. The highest BCUT2D eigenvalue weighted by Crippen LogP contribution is 2.15. The van der Waals surface area contributed by atoms with Gasteiger partial charge in [0.2, 0.25) is 0 Å². The van der Waals surface area contributed by atoms with E-state index in [1.165, 1.54) is 0 Å². The van der Waals surface area contributed by atoms with Gasteiger partial charge in [0.05, 0.1) is 11.9 Å². The third-order valence-electron chi connectivity index (χ3n) is 1.09. The number of hydrogen-bond acceptors (Lipinski definition) is 2. The first-order chi connectivity index (χ1) is 6.16. The van der Waals surface area contributed by atoms with E-state index >= 15 is 0 Å². The highest BCUT2D eigenvalue weighted by Gasteiger charge is 2.28. The fourth-order valence-corrected chi connectivity index (χ4v) is 0.761. The second kappa shape index (κ2) is 4.91. The lowest BCUT2D eigenvalue weighted by Gasteiger charge is -2.21. The largest absolute Gasteiger partial charge is 0.444 e. The van der Waals surface area contributed by atoms with Gasteiger partial charge in [-0.3, -0.25) is 0 Å². The molecule has 0 rings (SSSR count). The van der Waals surface area contributed by atoms with Gasteiger partial charge in [0, 0.05) is 0 Å². The van der Waals surface area contributed by atoms with Gasteiger partial charge in [0.25, 0.3) is 5.92 Å². The molecule has 0 saturated carbocycles. The summed E-state index contributed by atoms with van der Waals surface area (Å²) in [6, 6.07) is 0. The second-order valence-electron chi connectivity index (χ2n) is 3.85. The van der Waals surface area contributed by atoms with Crippen LogP contribution in [0.3, 0.4) is 0 Å². The van der Waals surface area contributed by atoms with Crippen LogP contribution in [-0.4, -0.2) is 29.5 Å². The zero-order valence-electron chi connectivity index (χ0n) is 8.36. The Kier molecular flexibility index (Phi) is 4.77. The van der Waals surface area contributed by atoms with Gasteiger partial charge in [0.15, 0.2) is 0 Å². The van der Waals surface area contributed by atoms with E-state index in [9.17, 15) is 13.6 Å². The van der Waals surface area contributed by atoms with E-state index in [-0.39, 0.29) is 0 Å². The molecule has 0 atom stereocenters. The van der Waals surface area contributed by atoms with Crippen LogP contribution in [0, 0.1) is 0 Å². The lowest BCUT2D eigenvalue weighted by molar-refractivity contribution is 0.0161. The van der Waals surface area contributed by atoms with Crippen molar-refractivity contribution in [2.24, 2.45) is 0 Å². The molecule has 84 valence electrons. The Morgan fingerprint density at radius 2 is 1.93 bits per heavy atom. The molecule has 0 fully saturated rings. The molecule has 6 heteroatoms. The summed E-state index contributed by atoms with van der Waals surface area (Å²) in [5.74, 6) is -2.95. The van der Waals surface area contributed by atoms with Crippen molar-refractivity contribution in [2.75, 3.05) is 11.9 Å². The van der Waals surface area contributed by atoms with E-state index in [1.807, 2.05) is 5.32 Å². The Balaban J connectivity index is 3.87. The number of hydrogen-bond donors (Lipinski definition) is 1. The summed E-state index contributed by atoms with van der Waals surface area (Å²) in [5.41, 5.74) is -0.673. The van der Waals surface area contributed by atoms with Crippen LogP contribution >= 0.6 is 15.9 Å². The van der Waals surface area contributed by atoms with E-state index in [4.69, 9.17) is 4.74 Å². The Labute approximate surface area is 90.3 Å². The van der Waals surface area contributed by atoms with Crippen molar-refractivity contribution < 1.29 is 18.3 Å². The van der Waals surface area contributed by atoms with Crippen LogP contribution < -0.4 is 5.32 Å². The van der Waals surface area contributed by atoms with E-state index in [2.05, 4.69) is 15.9 Å². The molecule has 3 nitrogen and oxygen atoms in total. The molecule has 0 aliphatic heterocycles. The lowest BCUT2D eigenvalue weighted by atomic mass is 10.2. The fourth-order valence-electron chi connectivity index (χ4n) is 0.563. The maximum atomic E-state index is 12.6. The highest BCUT2D eigenvalue weighted by molar-refractivity contribution is 9.09. The van der Waals surface area contributed by atoms with Crippen molar-refractivity contribution in [1.29, 1.82) is 0 Å². The third kappa shape index (κ3) is 7.06. The Bertz CT molecular complexity index is 204. The van der Waals surface area contributed by atoms with Crippen LogP contribution in [0.15, 0.2) is 0 Å². The summed E-state index contributed by atoms with van der Waals surface area (Å²) in [4.78, 5) is 10.9. The molecule has 0 unspecified atom stereocenters. The smallest absolute Gasteiger partial charge is 0.407 e. The minimum absolute atomic E-state index is 0.490. The molecule has 1 amide bonds. The lowest BCUT2D eigenvalue weighted by Crippen LogP contribution is -2.40. The number of alkyl carbamates (subject to hydrolysis) is 1. The molecule has 0 aliphatic carbocycles. The van der Waals surface area contributed by atoms with Gasteiger partial charge >= 0.3 is 6.09 Å². The van der Waals surface area contributed by atoms with Crippen molar-refractivity contribution in [3.63, 3.8) is 0 Å². The van der Waals surface area contributed by atoms with Crippen molar-refractivity contribution in [2.45, 2.75) is 32.3 Å². The number of ether oxygens (including phenoxy) is 1. The molecule has 0 radical (unpaired) electrons. The zero-order valence-corrected chi connectivity index (χ0v) is 9.95. The van der Waals surface area contributed by atoms with E-state index in [1.54, 1.807) is 20.8 Å². The molecule has 0 spiro atoms. The number of carbonyl (C=O) groups excluding carboxylic acids is 1. The molecule has 0 aromatic rings. The van der Waals surface area contributed by atoms with Gasteiger partial charge in [-0.15, -0.1) is 0 Å². The molecule has 1 N–H and O–H groups in total. The van der Waals surface area contributed by atoms with Gasteiger partial charge in [-0.25, -0.2) is 13.6 Å². The van der Waals surface area contributed by atoms with Crippen molar-refractivity contribution in [3.05, 3.63) is 0 Å². The molecule has 0 aliphatic rings. The van der Waals surface area contributed by atoms with Gasteiger partial charge in [-0.2, -0.15) is 0 Å². The van der Waals surface area contributed by atoms with Gasteiger partial charge < -0.3 is 10.1 Å². The van der Waals surface area contributed by atoms with Gasteiger partial charge in [-0.05, 0) is 20.8 Å². The summed E-state index contributed by atoms with van der Waals surface area (Å²) < 4.78 is 30.0. The maximum absolute atomic E-state index is 12.6. The molecular weight excluding hydrogens is 260 g/mol. The van der Waals surface area contributed by atoms with Crippen LogP contribution in [0.4, 0.5) is 13.6 Å². The molecule has 0 bridgehead atoms. The monoisotopic (exact) mass is 273 g/mol. The quantitative estimate of drug-likeness (QED) is 0.803. The van der Waals surface area contributed by atoms with Crippen LogP contribution in [0.25, 0.3) is 0 Å². The highest BCUT2D eigenvalue weighted by atomic mass is 79.9. The minimum Gasteiger partial charge on any atom is -0.444 e. The summed E-state index contributed by atoms with van der Waals surface area (Å²) in [7, 11) is 0. The second-order valence-corrected chi connectivity index (χ2v) is 4.41. The molecular formula is C8H14BrF2NO2. The standard InChI is InChI=1S/C8H14BrF2NO2/c1-7(2,3)14-6(13)12-5-8(10,11)4-9/h4-5H2,1-3H3,(H,12,13). The van der Waals surface area contributed by atoms with E-state index < -0.39 is 29.5 Å².